The first-order valence-corrected chi connectivity index (χ1v) is 7.34. The molecule has 1 aromatic rings. The minimum absolute atomic E-state index is 0.0173. The highest BCUT2D eigenvalue weighted by molar-refractivity contribution is 7.99. The first kappa shape index (κ1) is 16.1. The second-order valence-corrected chi connectivity index (χ2v) is 5.53. The number of carbonyl (C=O) groups excluding carboxylic acids is 1. The normalized spacial score (nSPS) is 19.0. The number of alkyl halides is 3. The third kappa shape index (κ3) is 4.34. The van der Waals surface area contributed by atoms with Crippen molar-refractivity contribution >= 4 is 17.7 Å². The average molecular weight is 324 g/mol. The van der Waals surface area contributed by atoms with Crippen molar-refractivity contribution < 1.29 is 22.7 Å². The average Bonchev–Trinajstić information content (AvgIpc) is 3.02. The fourth-order valence-electron chi connectivity index (χ4n) is 1.90. The highest BCUT2D eigenvalue weighted by atomic mass is 32.2. The second-order valence-electron chi connectivity index (χ2n) is 4.59. The molecule has 0 bridgehead atoms. The fourth-order valence-corrected chi connectivity index (χ4v) is 2.64. The molecule has 1 saturated heterocycles. The van der Waals surface area contributed by atoms with E-state index in [-0.39, 0.29) is 22.9 Å². The number of nitrogens with one attached hydrogen (secondary N) is 1. The van der Waals surface area contributed by atoms with E-state index in [1.54, 1.807) is 0 Å². The molecule has 2 rings (SSSR count). The Bertz CT molecular complexity index is 500. The molecular formula is C11H15F3N4O2S. The highest BCUT2D eigenvalue weighted by Crippen LogP contribution is 2.29. The van der Waals surface area contributed by atoms with E-state index in [2.05, 4.69) is 15.5 Å². The SMILES string of the molecule is Cn1c(SCC(=O)NC[C@H]2CCCO2)nnc1C(F)(F)F. The van der Waals surface area contributed by atoms with Gasteiger partial charge in [0.25, 0.3) is 0 Å². The van der Waals surface area contributed by atoms with Crippen LogP contribution in [0.2, 0.25) is 0 Å². The van der Waals surface area contributed by atoms with Crippen molar-refractivity contribution in [1.82, 2.24) is 20.1 Å². The van der Waals surface area contributed by atoms with Gasteiger partial charge in [-0.05, 0) is 12.8 Å². The van der Waals surface area contributed by atoms with Gasteiger partial charge in [-0.1, -0.05) is 11.8 Å². The summed E-state index contributed by atoms with van der Waals surface area (Å²) in [7, 11) is 1.22. The second kappa shape index (κ2) is 6.65. The van der Waals surface area contributed by atoms with Gasteiger partial charge in [0.15, 0.2) is 5.16 Å². The maximum atomic E-state index is 12.5. The molecule has 1 aliphatic rings. The summed E-state index contributed by atoms with van der Waals surface area (Å²) in [5.41, 5.74) is 0. The Kier molecular flexibility index (Phi) is 5.09. The van der Waals surface area contributed by atoms with Gasteiger partial charge in [0.1, 0.15) is 0 Å². The maximum absolute atomic E-state index is 12.5. The van der Waals surface area contributed by atoms with Gasteiger partial charge in [-0.15, -0.1) is 10.2 Å². The van der Waals surface area contributed by atoms with Crippen LogP contribution in [0, 0.1) is 0 Å². The van der Waals surface area contributed by atoms with E-state index in [1.807, 2.05) is 0 Å². The number of carbonyl (C=O) groups is 1. The van der Waals surface area contributed by atoms with Crippen molar-refractivity contribution in [2.75, 3.05) is 18.9 Å². The lowest BCUT2D eigenvalue weighted by atomic mass is 10.2. The van der Waals surface area contributed by atoms with Gasteiger partial charge in [-0.3, -0.25) is 4.79 Å². The van der Waals surface area contributed by atoms with Crippen LogP contribution in [0.4, 0.5) is 13.2 Å². The van der Waals surface area contributed by atoms with Gasteiger partial charge in [-0.25, -0.2) is 0 Å². The van der Waals surface area contributed by atoms with Crippen molar-refractivity contribution in [1.29, 1.82) is 0 Å². The number of rotatable bonds is 5. The Morgan fingerprint density at radius 1 is 1.52 bits per heavy atom. The summed E-state index contributed by atoms with van der Waals surface area (Å²) in [6, 6.07) is 0. The lowest BCUT2D eigenvalue weighted by molar-refractivity contribution is -0.147. The molecular weight excluding hydrogens is 309 g/mol. The number of thioether (sulfide) groups is 1. The molecule has 0 unspecified atom stereocenters. The van der Waals surface area contributed by atoms with Crippen molar-refractivity contribution in [3.05, 3.63) is 5.82 Å². The summed E-state index contributed by atoms with van der Waals surface area (Å²) < 4.78 is 43.8. The molecule has 1 N–H and O–H groups in total. The molecule has 1 aromatic heterocycles. The van der Waals surface area contributed by atoms with Gasteiger partial charge in [0, 0.05) is 20.2 Å². The Labute approximate surface area is 123 Å². The number of ether oxygens (including phenoxy) is 1. The first-order chi connectivity index (χ1) is 9.88. The lowest BCUT2D eigenvalue weighted by Gasteiger charge is -2.10. The summed E-state index contributed by atoms with van der Waals surface area (Å²) in [5.74, 6) is -1.37. The first-order valence-electron chi connectivity index (χ1n) is 6.35. The molecule has 1 amide bonds. The van der Waals surface area contributed by atoms with Crippen molar-refractivity contribution in [3.63, 3.8) is 0 Å². The maximum Gasteiger partial charge on any atom is 0.451 e. The topological polar surface area (TPSA) is 69.0 Å². The molecule has 0 aliphatic carbocycles. The largest absolute Gasteiger partial charge is 0.451 e. The predicted octanol–water partition coefficient (Wildman–Crippen LogP) is 1.22. The Morgan fingerprint density at radius 2 is 2.29 bits per heavy atom. The van der Waals surface area contributed by atoms with Crippen LogP contribution in [0.25, 0.3) is 0 Å². The van der Waals surface area contributed by atoms with Crippen LogP contribution in [-0.4, -0.2) is 45.7 Å². The van der Waals surface area contributed by atoms with Crippen LogP contribution in [0.3, 0.4) is 0 Å². The molecule has 2 heterocycles. The van der Waals surface area contributed by atoms with E-state index in [9.17, 15) is 18.0 Å². The molecule has 6 nitrogen and oxygen atoms in total. The lowest BCUT2D eigenvalue weighted by Crippen LogP contribution is -2.32. The number of aromatic nitrogens is 3. The summed E-state index contributed by atoms with van der Waals surface area (Å²) in [6.45, 7) is 1.13. The molecule has 1 aliphatic heterocycles. The van der Waals surface area contributed by atoms with Crippen LogP contribution in [0.15, 0.2) is 5.16 Å². The van der Waals surface area contributed by atoms with E-state index in [0.717, 1.165) is 29.2 Å². The molecule has 0 aromatic carbocycles. The van der Waals surface area contributed by atoms with E-state index in [0.29, 0.717) is 13.2 Å². The molecule has 21 heavy (non-hydrogen) atoms. The van der Waals surface area contributed by atoms with Crippen LogP contribution < -0.4 is 5.32 Å². The van der Waals surface area contributed by atoms with E-state index < -0.39 is 12.0 Å². The standard InChI is InChI=1S/C11H15F3N4O2S/c1-18-9(11(12,13)14)16-17-10(18)21-6-8(19)15-5-7-3-2-4-20-7/h7H,2-6H2,1H3,(H,15,19)/t7-/m1/s1. The summed E-state index contributed by atoms with van der Waals surface area (Å²) in [5, 5.41) is 9.27. The highest BCUT2D eigenvalue weighted by Gasteiger charge is 2.37. The zero-order valence-corrected chi connectivity index (χ0v) is 12.1. The molecule has 0 spiro atoms. The summed E-state index contributed by atoms with van der Waals surface area (Å²) in [6.07, 6.45) is -2.63. The Morgan fingerprint density at radius 3 is 2.86 bits per heavy atom. The van der Waals surface area contributed by atoms with Gasteiger partial charge in [0.2, 0.25) is 11.7 Å². The number of amides is 1. The van der Waals surface area contributed by atoms with Crippen LogP contribution in [0.5, 0.6) is 0 Å². The number of halogens is 3. The minimum atomic E-state index is -4.55. The Hall–Kier alpha value is -1.29. The molecule has 10 heteroatoms. The zero-order valence-electron chi connectivity index (χ0n) is 11.3. The number of hydrogen-bond acceptors (Lipinski definition) is 5. The minimum Gasteiger partial charge on any atom is -0.376 e. The third-order valence-electron chi connectivity index (χ3n) is 2.97. The van der Waals surface area contributed by atoms with Crippen LogP contribution >= 0.6 is 11.8 Å². The quantitative estimate of drug-likeness (QED) is 0.825. The fraction of sp³-hybridized carbons (Fsp3) is 0.727. The Balaban J connectivity index is 1.80. The molecule has 118 valence electrons. The van der Waals surface area contributed by atoms with E-state index >= 15 is 0 Å². The van der Waals surface area contributed by atoms with Crippen molar-refractivity contribution in [3.8, 4) is 0 Å². The van der Waals surface area contributed by atoms with Gasteiger partial charge in [-0.2, -0.15) is 13.2 Å². The summed E-state index contributed by atoms with van der Waals surface area (Å²) >= 11 is 0.911. The third-order valence-corrected chi connectivity index (χ3v) is 3.99. The monoisotopic (exact) mass is 324 g/mol. The number of hydrogen-bond donors (Lipinski definition) is 1. The molecule has 1 fully saturated rings. The molecule has 0 radical (unpaired) electrons. The number of nitrogens with zero attached hydrogens (tertiary/aromatic N) is 3. The van der Waals surface area contributed by atoms with Gasteiger partial charge >= 0.3 is 6.18 Å². The smallest absolute Gasteiger partial charge is 0.376 e. The summed E-state index contributed by atoms with van der Waals surface area (Å²) in [4.78, 5) is 11.6. The van der Waals surface area contributed by atoms with Crippen molar-refractivity contribution in [2.24, 2.45) is 7.05 Å². The van der Waals surface area contributed by atoms with Crippen LogP contribution in [0.1, 0.15) is 18.7 Å². The molecule has 0 saturated carbocycles. The van der Waals surface area contributed by atoms with E-state index in [1.165, 1.54) is 7.05 Å². The zero-order chi connectivity index (χ0) is 15.5. The van der Waals surface area contributed by atoms with Gasteiger partial charge in [0.05, 0.1) is 11.9 Å². The van der Waals surface area contributed by atoms with Crippen LogP contribution in [-0.2, 0) is 22.8 Å². The van der Waals surface area contributed by atoms with Crippen molar-refractivity contribution in [2.45, 2.75) is 30.3 Å². The predicted molar refractivity (Wildman–Crippen MR) is 68.7 cm³/mol. The molecule has 1 atom stereocenters. The van der Waals surface area contributed by atoms with Gasteiger partial charge < -0.3 is 14.6 Å². The van der Waals surface area contributed by atoms with E-state index in [4.69, 9.17) is 4.74 Å².